The van der Waals surface area contributed by atoms with Crippen LogP contribution in [-0.4, -0.2) is 36.1 Å². The van der Waals surface area contributed by atoms with E-state index < -0.39 is 33.3 Å². The highest BCUT2D eigenvalue weighted by Crippen LogP contribution is 2.39. The lowest BCUT2D eigenvalue weighted by Gasteiger charge is -2.34. The first-order chi connectivity index (χ1) is 7.09. The molecular formula is C7H10F5O4S-. The molecule has 104 valence electrons. The zero-order valence-corrected chi connectivity index (χ0v) is 9.82. The fourth-order valence-electron chi connectivity index (χ4n) is 0.811. The quantitative estimate of drug-likeness (QED) is 0.586. The Morgan fingerprint density at radius 2 is 1.41 bits per heavy atom. The molecule has 0 heterocycles. The van der Waals surface area contributed by atoms with Crippen LogP contribution in [0, 0.1) is 0 Å². The molecule has 0 rings (SSSR count). The van der Waals surface area contributed by atoms with E-state index in [1.165, 1.54) is 0 Å². The van der Waals surface area contributed by atoms with Crippen molar-refractivity contribution < 1.29 is 39.7 Å². The third-order valence-corrected chi connectivity index (χ3v) is 2.29. The number of halogens is 5. The van der Waals surface area contributed by atoms with Gasteiger partial charge in [-0.2, -0.15) is 22.0 Å². The van der Waals surface area contributed by atoms with E-state index in [4.69, 9.17) is 0 Å². The summed E-state index contributed by atoms with van der Waals surface area (Å²) in [6, 6.07) is 0. The average Bonchev–Trinajstić information content (AvgIpc) is 1.93. The smallest absolute Gasteiger partial charge is 0.421 e. The number of hydrogen-bond donors (Lipinski definition) is 0. The minimum Gasteiger partial charge on any atom is -0.743 e. The molecule has 10 heteroatoms. The summed E-state index contributed by atoms with van der Waals surface area (Å²) in [4.78, 5) is 0. The van der Waals surface area contributed by atoms with Gasteiger partial charge in [-0.3, -0.25) is 0 Å². The molecule has 4 nitrogen and oxygen atoms in total. The summed E-state index contributed by atoms with van der Waals surface area (Å²) in [7, 11) is -6.49. The van der Waals surface area contributed by atoms with Crippen LogP contribution < -0.4 is 0 Å². The van der Waals surface area contributed by atoms with E-state index in [-0.39, 0.29) is 0 Å². The van der Waals surface area contributed by atoms with Crippen LogP contribution in [0.1, 0.15) is 20.8 Å². The third kappa shape index (κ3) is 4.36. The molecule has 17 heavy (non-hydrogen) atoms. The van der Waals surface area contributed by atoms with Crippen molar-refractivity contribution in [2.24, 2.45) is 0 Å². The molecule has 0 saturated carbocycles. The van der Waals surface area contributed by atoms with Gasteiger partial charge < -0.3 is 9.29 Å². The van der Waals surface area contributed by atoms with Crippen molar-refractivity contribution in [1.82, 2.24) is 0 Å². The molecule has 0 N–H and O–H groups in total. The van der Waals surface area contributed by atoms with Gasteiger partial charge in [0.1, 0.15) is 0 Å². The van der Waals surface area contributed by atoms with E-state index in [2.05, 4.69) is 4.74 Å². The number of ether oxygens (including phenoxy) is 1. The van der Waals surface area contributed by atoms with E-state index in [9.17, 15) is 34.9 Å². The first kappa shape index (κ1) is 16.5. The predicted octanol–water partition coefficient (Wildman–Crippen LogP) is 1.87. The minimum absolute atomic E-state index is 1.01. The summed E-state index contributed by atoms with van der Waals surface area (Å²) >= 11 is 0. The molecule has 1 atom stereocenters. The summed E-state index contributed by atoms with van der Waals surface area (Å²) in [5.74, 6) is 0. The van der Waals surface area contributed by atoms with Gasteiger partial charge in [0.15, 0.2) is 10.1 Å². The Labute approximate surface area is 94.5 Å². The van der Waals surface area contributed by atoms with Gasteiger partial charge in [-0.05, 0) is 20.8 Å². The van der Waals surface area contributed by atoms with E-state index in [0.29, 0.717) is 0 Å². The topological polar surface area (TPSA) is 66.4 Å². The van der Waals surface area contributed by atoms with E-state index in [0.717, 1.165) is 20.8 Å². The molecule has 0 fully saturated rings. The molecular weight excluding hydrogens is 275 g/mol. The second kappa shape index (κ2) is 4.32. The van der Waals surface area contributed by atoms with Gasteiger partial charge in [0.2, 0.25) is 6.10 Å². The lowest BCUT2D eigenvalue weighted by Crippen LogP contribution is -2.53. The Balaban J connectivity index is 5.52. The molecule has 0 saturated heterocycles. The fraction of sp³-hybridized carbons (Fsp3) is 1.00. The Morgan fingerprint density at radius 3 is 1.59 bits per heavy atom. The molecule has 0 aliphatic carbocycles. The lowest BCUT2D eigenvalue weighted by molar-refractivity contribution is -0.287. The molecule has 0 radical (unpaired) electrons. The van der Waals surface area contributed by atoms with E-state index >= 15 is 0 Å². The third-order valence-electron chi connectivity index (χ3n) is 1.41. The van der Waals surface area contributed by atoms with Crippen molar-refractivity contribution in [1.29, 1.82) is 0 Å². The maximum atomic E-state index is 12.9. The summed E-state index contributed by atoms with van der Waals surface area (Å²) in [6.45, 7) is 3.04. The molecule has 0 aromatic rings. The number of hydrogen-bond acceptors (Lipinski definition) is 4. The Kier molecular flexibility index (Phi) is 4.20. The van der Waals surface area contributed by atoms with Crippen LogP contribution in [0.2, 0.25) is 0 Å². The van der Waals surface area contributed by atoms with Gasteiger partial charge in [0, 0.05) is 0 Å². The molecule has 0 bridgehead atoms. The van der Waals surface area contributed by atoms with Crippen molar-refractivity contribution >= 4 is 10.1 Å². The monoisotopic (exact) mass is 285 g/mol. The summed E-state index contributed by atoms with van der Waals surface area (Å²) in [6.07, 6.45) is -9.69. The number of alkyl halides is 5. The van der Waals surface area contributed by atoms with Crippen LogP contribution >= 0.6 is 0 Å². The predicted molar refractivity (Wildman–Crippen MR) is 45.3 cm³/mol. The van der Waals surface area contributed by atoms with Crippen molar-refractivity contribution in [3.63, 3.8) is 0 Å². The normalized spacial score (nSPS) is 17.0. The standard InChI is InChI=1S/C7H11F5O4S/c1-5(2,3)16-4(6(8,9)10)7(11,12)17(13,14)15/h4H,1-3H3,(H,13,14,15)/p-1. The zero-order chi connectivity index (χ0) is 14.3. The second-order valence-electron chi connectivity index (χ2n) is 4.17. The lowest BCUT2D eigenvalue weighted by atomic mass is 10.2. The summed E-state index contributed by atoms with van der Waals surface area (Å²) in [5, 5.41) is -5.58. The van der Waals surface area contributed by atoms with Crippen LogP contribution in [-0.2, 0) is 14.9 Å². The van der Waals surface area contributed by atoms with Gasteiger partial charge in [-0.25, -0.2) is 8.42 Å². The summed E-state index contributed by atoms with van der Waals surface area (Å²) in [5.41, 5.74) is -1.70. The SMILES string of the molecule is CC(C)(C)OC(C(F)(F)F)C(F)(F)S(=O)(=O)[O-]. The number of rotatable bonds is 3. The highest BCUT2D eigenvalue weighted by Gasteiger charge is 2.62. The first-order valence-electron chi connectivity index (χ1n) is 4.17. The van der Waals surface area contributed by atoms with Crippen LogP contribution in [0.25, 0.3) is 0 Å². The van der Waals surface area contributed by atoms with Crippen LogP contribution in [0.4, 0.5) is 22.0 Å². The zero-order valence-electron chi connectivity index (χ0n) is 9.01. The maximum absolute atomic E-state index is 12.9. The molecule has 0 aromatic heterocycles. The minimum atomic E-state index is -6.49. The van der Waals surface area contributed by atoms with Crippen molar-refractivity contribution in [3.8, 4) is 0 Å². The Morgan fingerprint density at radius 1 is 1.06 bits per heavy atom. The van der Waals surface area contributed by atoms with Gasteiger partial charge in [0.05, 0.1) is 5.60 Å². The first-order valence-corrected chi connectivity index (χ1v) is 5.57. The largest absolute Gasteiger partial charge is 0.743 e. The highest BCUT2D eigenvalue weighted by atomic mass is 32.2. The van der Waals surface area contributed by atoms with E-state index in [1.807, 2.05) is 0 Å². The molecule has 0 spiro atoms. The second-order valence-corrected chi connectivity index (χ2v) is 5.62. The fourth-order valence-corrected chi connectivity index (χ4v) is 1.25. The molecule has 0 aliphatic heterocycles. The average molecular weight is 285 g/mol. The van der Waals surface area contributed by atoms with Crippen LogP contribution in [0.3, 0.4) is 0 Å². The highest BCUT2D eigenvalue weighted by molar-refractivity contribution is 7.86. The van der Waals surface area contributed by atoms with E-state index in [1.54, 1.807) is 0 Å². The molecule has 0 amide bonds. The van der Waals surface area contributed by atoms with Crippen molar-refractivity contribution in [3.05, 3.63) is 0 Å². The van der Waals surface area contributed by atoms with Gasteiger partial charge >= 0.3 is 11.4 Å². The maximum Gasteiger partial charge on any atom is 0.421 e. The van der Waals surface area contributed by atoms with Crippen molar-refractivity contribution in [2.45, 2.75) is 43.9 Å². The van der Waals surface area contributed by atoms with Crippen LogP contribution in [0.15, 0.2) is 0 Å². The Bertz CT molecular complexity index is 367. The molecule has 0 aromatic carbocycles. The summed E-state index contributed by atoms with van der Waals surface area (Å²) < 4.78 is 96.9. The Hall–Kier alpha value is -0.480. The van der Waals surface area contributed by atoms with Gasteiger partial charge in [-0.15, -0.1) is 0 Å². The van der Waals surface area contributed by atoms with Crippen molar-refractivity contribution in [2.75, 3.05) is 0 Å². The molecule has 0 aliphatic rings. The van der Waals surface area contributed by atoms with Gasteiger partial charge in [-0.1, -0.05) is 0 Å². The molecule has 1 unspecified atom stereocenters. The van der Waals surface area contributed by atoms with Crippen LogP contribution in [0.5, 0.6) is 0 Å². The van der Waals surface area contributed by atoms with Gasteiger partial charge in [0.25, 0.3) is 0 Å².